The maximum atomic E-state index is 13.3. The van der Waals surface area contributed by atoms with Gasteiger partial charge in [-0.1, -0.05) is 78.9 Å². The van der Waals surface area contributed by atoms with Gasteiger partial charge in [0, 0.05) is 18.3 Å². The van der Waals surface area contributed by atoms with E-state index in [1.54, 1.807) is 0 Å². The molecule has 1 aliphatic rings. The van der Waals surface area contributed by atoms with Crippen molar-refractivity contribution in [2.24, 2.45) is 0 Å². The Morgan fingerprint density at radius 3 is 2.08 bits per heavy atom. The molecule has 0 saturated carbocycles. The fourth-order valence-electron chi connectivity index (χ4n) is 3.75. The van der Waals surface area contributed by atoms with Crippen LogP contribution in [0.1, 0.15) is 33.4 Å². The summed E-state index contributed by atoms with van der Waals surface area (Å²) in [6.07, 6.45) is 0. The van der Waals surface area contributed by atoms with E-state index in [2.05, 4.69) is 36.2 Å². The van der Waals surface area contributed by atoms with Gasteiger partial charge >= 0.3 is 0 Å². The average molecular weight is 313 g/mol. The molecule has 0 aliphatic carbocycles. The smallest absolute Gasteiger partial charge is 0.172 e. The van der Waals surface area contributed by atoms with Gasteiger partial charge in [0.15, 0.2) is 5.78 Å². The highest BCUT2D eigenvalue weighted by atomic mass is 16.1. The van der Waals surface area contributed by atoms with Gasteiger partial charge in [0.1, 0.15) is 0 Å². The van der Waals surface area contributed by atoms with Gasteiger partial charge in [-0.25, -0.2) is 0 Å². The standard InChI is InChI=1S/C22H19NO/c1-23-19-15-9-8-14-18(19)20(21(23)16-10-4-2-5-11-16)22(24)17-12-6-3-7-13-17/h2-15,20-21H,1H3/t20-,21-/m1/s1. The summed E-state index contributed by atoms with van der Waals surface area (Å²) in [5.41, 5.74) is 4.20. The van der Waals surface area contributed by atoms with Crippen LogP contribution in [0.25, 0.3) is 0 Å². The molecule has 2 heteroatoms. The summed E-state index contributed by atoms with van der Waals surface area (Å²) in [5.74, 6) is -0.00254. The first-order chi connectivity index (χ1) is 11.8. The molecular formula is C22H19NO. The number of ketones is 1. The van der Waals surface area contributed by atoms with Gasteiger partial charge in [-0.05, 0) is 17.2 Å². The lowest BCUT2D eigenvalue weighted by molar-refractivity contribution is 0.0951. The van der Waals surface area contributed by atoms with Crippen LogP contribution in [-0.2, 0) is 0 Å². The third-order valence-corrected chi connectivity index (χ3v) is 4.87. The lowest BCUT2D eigenvalue weighted by Crippen LogP contribution is -2.26. The topological polar surface area (TPSA) is 20.3 Å². The van der Waals surface area contributed by atoms with E-state index in [4.69, 9.17) is 0 Å². The van der Waals surface area contributed by atoms with E-state index in [0.29, 0.717) is 0 Å². The number of anilines is 1. The number of carbonyl (C=O) groups excluding carboxylic acids is 1. The Balaban J connectivity index is 1.85. The summed E-state index contributed by atoms with van der Waals surface area (Å²) in [4.78, 5) is 15.5. The third kappa shape index (κ3) is 2.31. The molecule has 0 spiro atoms. The fraction of sp³-hybridized carbons (Fsp3) is 0.136. The summed E-state index contributed by atoms with van der Waals surface area (Å²) < 4.78 is 0. The molecule has 24 heavy (non-hydrogen) atoms. The highest BCUT2D eigenvalue weighted by Crippen LogP contribution is 2.49. The van der Waals surface area contributed by atoms with Crippen LogP contribution in [0.4, 0.5) is 5.69 Å². The van der Waals surface area contributed by atoms with Gasteiger partial charge in [0.05, 0.1) is 12.0 Å². The lowest BCUT2D eigenvalue weighted by Gasteiger charge is -2.27. The minimum Gasteiger partial charge on any atom is -0.366 e. The molecule has 3 aromatic carbocycles. The second-order valence-corrected chi connectivity index (χ2v) is 6.23. The number of hydrogen-bond acceptors (Lipinski definition) is 2. The van der Waals surface area contributed by atoms with Gasteiger partial charge in [-0.3, -0.25) is 4.79 Å². The molecule has 0 radical (unpaired) electrons. The Morgan fingerprint density at radius 1 is 0.792 bits per heavy atom. The van der Waals surface area contributed by atoms with Gasteiger partial charge in [-0.15, -0.1) is 0 Å². The summed E-state index contributed by atoms with van der Waals surface area (Å²) in [6.45, 7) is 0. The lowest BCUT2D eigenvalue weighted by atomic mass is 9.84. The summed E-state index contributed by atoms with van der Waals surface area (Å²) >= 11 is 0. The van der Waals surface area contributed by atoms with E-state index in [1.807, 2.05) is 60.7 Å². The number of likely N-dealkylation sites (N-methyl/N-ethyl adjacent to an activating group) is 1. The Labute approximate surface area is 142 Å². The van der Waals surface area contributed by atoms with Gasteiger partial charge in [0.25, 0.3) is 0 Å². The van der Waals surface area contributed by atoms with Gasteiger partial charge < -0.3 is 4.90 Å². The fourth-order valence-corrected chi connectivity index (χ4v) is 3.75. The van der Waals surface area contributed by atoms with E-state index in [1.165, 1.54) is 5.56 Å². The molecule has 2 atom stereocenters. The van der Waals surface area contributed by atoms with Crippen LogP contribution >= 0.6 is 0 Å². The van der Waals surface area contributed by atoms with Crippen LogP contribution in [0, 0.1) is 0 Å². The molecule has 0 bridgehead atoms. The average Bonchev–Trinajstić information content (AvgIpc) is 2.95. The Morgan fingerprint density at radius 2 is 1.38 bits per heavy atom. The zero-order chi connectivity index (χ0) is 16.5. The zero-order valence-corrected chi connectivity index (χ0v) is 13.6. The monoisotopic (exact) mass is 313 g/mol. The summed E-state index contributed by atoms with van der Waals surface area (Å²) in [6, 6.07) is 28.2. The molecule has 0 amide bonds. The Hall–Kier alpha value is -2.87. The molecule has 0 fully saturated rings. The largest absolute Gasteiger partial charge is 0.366 e. The first-order valence-electron chi connectivity index (χ1n) is 8.23. The van der Waals surface area contributed by atoms with Crippen molar-refractivity contribution in [3.05, 3.63) is 102 Å². The van der Waals surface area contributed by atoms with Crippen LogP contribution in [0.5, 0.6) is 0 Å². The first kappa shape index (κ1) is 14.7. The van der Waals surface area contributed by atoms with Crippen LogP contribution in [0.3, 0.4) is 0 Å². The van der Waals surface area contributed by atoms with Crippen molar-refractivity contribution in [1.82, 2.24) is 0 Å². The van der Waals surface area contributed by atoms with Crippen LogP contribution in [-0.4, -0.2) is 12.8 Å². The predicted molar refractivity (Wildman–Crippen MR) is 97.5 cm³/mol. The van der Waals surface area contributed by atoms with Crippen molar-refractivity contribution in [2.45, 2.75) is 12.0 Å². The zero-order valence-electron chi connectivity index (χ0n) is 13.6. The van der Waals surface area contributed by atoms with Crippen molar-refractivity contribution in [3.8, 4) is 0 Å². The number of benzene rings is 3. The van der Waals surface area contributed by atoms with E-state index in [0.717, 1.165) is 16.8 Å². The molecular weight excluding hydrogens is 294 g/mol. The number of nitrogens with zero attached hydrogens (tertiary/aromatic N) is 1. The van der Waals surface area contributed by atoms with E-state index in [-0.39, 0.29) is 17.7 Å². The highest BCUT2D eigenvalue weighted by molar-refractivity contribution is 6.03. The predicted octanol–water partition coefficient (Wildman–Crippen LogP) is 4.84. The summed E-state index contributed by atoms with van der Waals surface area (Å²) in [5, 5.41) is 0. The molecule has 0 N–H and O–H groups in total. The quantitative estimate of drug-likeness (QED) is 0.645. The second kappa shape index (κ2) is 5.97. The Bertz CT molecular complexity index is 857. The number of fused-ring (bicyclic) bond motifs is 1. The van der Waals surface area contributed by atoms with E-state index >= 15 is 0 Å². The molecule has 2 nitrogen and oxygen atoms in total. The van der Waals surface area contributed by atoms with Crippen molar-refractivity contribution < 1.29 is 4.79 Å². The van der Waals surface area contributed by atoms with Gasteiger partial charge in [0.2, 0.25) is 0 Å². The Kier molecular flexibility index (Phi) is 3.66. The number of hydrogen-bond donors (Lipinski definition) is 0. The molecule has 0 unspecified atom stereocenters. The van der Waals surface area contributed by atoms with E-state index in [9.17, 15) is 4.79 Å². The molecule has 118 valence electrons. The number of Topliss-reactive ketones (excluding diaryl/α,β-unsaturated/α-hetero) is 1. The van der Waals surface area contributed by atoms with Crippen LogP contribution in [0.2, 0.25) is 0 Å². The minimum absolute atomic E-state index is 0.0244. The highest BCUT2D eigenvalue weighted by Gasteiger charge is 2.41. The molecule has 3 aromatic rings. The maximum absolute atomic E-state index is 13.3. The van der Waals surface area contributed by atoms with Crippen LogP contribution in [0.15, 0.2) is 84.9 Å². The summed E-state index contributed by atoms with van der Waals surface area (Å²) in [7, 11) is 2.08. The van der Waals surface area contributed by atoms with Gasteiger partial charge in [-0.2, -0.15) is 0 Å². The number of carbonyl (C=O) groups is 1. The SMILES string of the molecule is CN1c2ccccc2[C@@H](C(=O)c2ccccc2)[C@H]1c1ccccc1. The number of rotatable bonds is 3. The van der Waals surface area contributed by atoms with E-state index < -0.39 is 0 Å². The first-order valence-corrected chi connectivity index (χ1v) is 8.23. The van der Waals surface area contributed by atoms with Crippen molar-refractivity contribution in [1.29, 1.82) is 0 Å². The number of para-hydroxylation sites is 1. The molecule has 0 aromatic heterocycles. The van der Waals surface area contributed by atoms with Crippen molar-refractivity contribution in [3.63, 3.8) is 0 Å². The maximum Gasteiger partial charge on any atom is 0.172 e. The van der Waals surface area contributed by atoms with Crippen molar-refractivity contribution >= 4 is 11.5 Å². The van der Waals surface area contributed by atoms with Crippen LogP contribution < -0.4 is 4.90 Å². The molecule has 1 heterocycles. The third-order valence-electron chi connectivity index (χ3n) is 4.87. The molecule has 1 aliphatic heterocycles. The molecule has 4 rings (SSSR count). The molecule has 0 saturated heterocycles. The second-order valence-electron chi connectivity index (χ2n) is 6.23. The van der Waals surface area contributed by atoms with Crippen molar-refractivity contribution in [2.75, 3.05) is 11.9 Å². The minimum atomic E-state index is -0.184. The normalized spacial score (nSPS) is 19.1.